The Hall–Kier alpha value is -3.33. The molecule has 0 radical (unpaired) electrons. The van der Waals surface area contributed by atoms with Crippen molar-refractivity contribution in [2.45, 2.75) is 12.5 Å². The molecule has 30 heavy (non-hydrogen) atoms. The summed E-state index contributed by atoms with van der Waals surface area (Å²) in [4.78, 5) is 0. The Morgan fingerprint density at radius 3 is 2.63 bits per heavy atom. The summed E-state index contributed by atoms with van der Waals surface area (Å²) in [5.74, 6) is 0.511. The monoisotopic (exact) mass is 438 g/mol. The van der Waals surface area contributed by atoms with Crippen LogP contribution in [0.3, 0.4) is 0 Å². The number of halogens is 2. The van der Waals surface area contributed by atoms with Crippen LogP contribution in [0.2, 0.25) is 10.0 Å². The quantitative estimate of drug-likeness (QED) is 0.561. The third-order valence-electron chi connectivity index (χ3n) is 4.83. The molecule has 0 saturated heterocycles. The van der Waals surface area contributed by atoms with Gasteiger partial charge in [0.2, 0.25) is 5.88 Å². The zero-order valence-electron chi connectivity index (χ0n) is 15.6. The Morgan fingerprint density at radius 2 is 1.87 bits per heavy atom. The fourth-order valence-corrected chi connectivity index (χ4v) is 3.87. The van der Waals surface area contributed by atoms with Crippen LogP contribution in [-0.4, -0.2) is 5.11 Å². The van der Waals surface area contributed by atoms with E-state index in [1.807, 2.05) is 24.3 Å². The van der Waals surface area contributed by atoms with Gasteiger partial charge in [0, 0.05) is 32.8 Å². The first-order valence-corrected chi connectivity index (χ1v) is 9.79. The van der Waals surface area contributed by atoms with Crippen LogP contribution in [0.5, 0.6) is 17.2 Å². The Balaban J connectivity index is 1.75. The predicted octanol–water partition coefficient (Wildman–Crippen LogP) is 5.50. The van der Waals surface area contributed by atoms with E-state index in [2.05, 4.69) is 6.07 Å². The number of phenols is 1. The van der Waals surface area contributed by atoms with E-state index in [-0.39, 0.29) is 23.8 Å². The molecule has 1 heterocycles. The number of fused-ring (bicyclic) bond motifs is 1. The van der Waals surface area contributed by atoms with Gasteiger partial charge in [-0.1, -0.05) is 53.5 Å². The van der Waals surface area contributed by atoms with Gasteiger partial charge in [0.25, 0.3) is 0 Å². The minimum absolute atomic E-state index is 0.00357. The summed E-state index contributed by atoms with van der Waals surface area (Å²) in [7, 11) is 0. The minimum Gasteiger partial charge on any atom is -0.508 e. The average Bonchev–Trinajstić information content (AvgIpc) is 2.72. The van der Waals surface area contributed by atoms with Gasteiger partial charge >= 0.3 is 0 Å². The summed E-state index contributed by atoms with van der Waals surface area (Å²) in [5, 5.41) is 20.6. The van der Waals surface area contributed by atoms with Crippen LogP contribution in [0.15, 0.2) is 72.1 Å². The van der Waals surface area contributed by atoms with Crippen molar-refractivity contribution in [2.75, 3.05) is 0 Å². The Bertz CT molecular complexity index is 1200. The maximum absolute atomic E-state index is 9.82. The number of ether oxygens (including phenoxy) is 2. The van der Waals surface area contributed by atoms with Crippen molar-refractivity contribution in [3.05, 3.63) is 98.9 Å². The van der Waals surface area contributed by atoms with Crippen LogP contribution >= 0.6 is 23.2 Å². The number of rotatable bonds is 4. The Labute approximate surface area is 183 Å². The lowest BCUT2D eigenvalue weighted by Gasteiger charge is -2.27. The highest BCUT2D eigenvalue weighted by Crippen LogP contribution is 2.45. The number of nitriles is 1. The lowest BCUT2D eigenvalue weighted by atomic mass is 9.83. The number of nitrogens with two attached hydrogens (primary N) is 1. The van der Waals surface area contributed by atoms with Gasteiger partial charge in [0.1, 0.15) is 35.5 Å². The molecule has 1 atom stereocenters. The molecule has 1 aliphatic rings. The largest absolute Gasteiger partial charge is 0.508 e. The van der Waals surface area contributed by atoms with Gasteiger partial charge in [-0.2, -0.15) is 5.26 Å². The average molecular weight is 439 g/mol. The van der Waals surface area contributed by atoms with E-state index in [9.17, 15) is 10.4 Å². The molecule has 3 N–H and O–H groups in total. The summed E-state index contributed by atoms with van der Waals surface area (Å²) >= 11 is 12.2. The third kappa shape index (κ3) is 3.76. The molecule has 150 valence electrons. The molecule has 0 spiro atoms. The predicted molar refractivity (Wildman–Crippen MR) is 115 cm³/mol. The highest BCUT2D eigenvalue weighted by Gasteiger charge is 2.32. The van der Waals surface area contributed by atoms with E-state index in [0.717, 1.165) is 11.1 Å². The second-order valence-corrected chi connectivity index (χ2v) is 7.55. The number of phenolic OH excluding ortho intramolecular Hbond substituents is 1. The molecule has 0 saturated carbocycles. The number of allylic oxidation sites excluding steroid dienone is 1. The summed E-state index contributed by atoms with van der Waals surface area (Å²) in [6.07, 6.45) is 0. The molecule has 7 heteroatoms. The van der Waals surface area contributed by atoms with Crippen LogP contribution in [0, 0.1) is 11.3 Å². The first-order valence-electron chi connectivity index (χ1n) is 9.04. The molecule has 0 aromatic heterocycles. The van der Waals surface area contributed by atoms with Crippen molar-refractivity contribution >= 4 is 23.2 Å². The van der Waals surface area contributed by atoms with E-state index >= 15 is 0 Å². The molecule has 3 aromatic rings. The first kappa shape index (κ1) is 20.0. The zero-order valence-corrected chi connectivity index (χ0v) is 17.1. The maximum atomic E-state index is 9.82. The molecule has 0 bridgehead atoms. The smallest absolute Gasteiger partial charge is 0.205 e. The summed E-state index contributed by atoms with van der Waals surface area (Å²) in [6, 6.07) is 19.5. The van der Waals surface area contributed by atoms with Gasteiger partial charge in [-0.05, 0) is 24.3 Å². The Morgan fingerprint density at radius 1 is 1.07 bits per heavy atom. The molecule has 1 aliphatic heterocycles. The van der Waals surface area contributed by atoms with Crippen molar-refractivity contribution in [3.63, 3.8) is 0 Å². The normalized spacial score (nSPS) is 15.2. The lowest BCUT2D eigenvalue weighted by Crippen LogP contribution is -2.21. The molecule has 1 unspecified atom stereocenters. The van der Waals surface area contributed by atoms with E-state index in [1.165, 1.54) is 6.07 Å². The number of nitrogens with zero attached hydrogens (tertiary/aromatic N) is 1. The van der Waals surface area contributed by atoms with Crippen molar-refractivity contribution in [2.24, 2.45) is 5.73 Å². The maximum Gasteiger partial charge on any atom is 0.205 e. The number of benzene rings is 3. The lowest BCUT2D eigenvalue weighted by molar-refractivity contribution is 0.301. The van der Waals surface area contributed by atoms with Crippen LogP contribution in [0.25, 0.3) is 0 Å². The summed E-state index contributed by atoms with van der Waals surface area (Å²) in [5.41, 5.74) is 8.52. The van der Waals surface area contributed by atoms with Crippen molar-refractivity contribution in [1.82, 2.24) is 0 Å². The molecule has 3 aromatic carbocycles. The second-order valence-electron chi connectivity index (χ2n) is 6.71. The highest BCUT2D eigenvalue weighted by molar-refractivity contribution is 6.35. The van der Waals surface area contributed by atoms with Crippen molar-refractivity contribution in [3.8, 4) is 23.3 Å². The van der Waals surface area contributed by atoms with Crippen molar-refractivity contribution in [1.29, 1.82) is 5.26 Å². The number of para-hydroxylation sites is 1. The standard InChI is InChI=1S/C23H16Cl2N2O3/c24-14-6-5-13(19(25)9-14)12-29-20-4-2-1-3-16(20)22-17-8-7-15(28)10-21(17)30-23(27)18(22)11-26/h1-10,22,28H,12,27H2. The minimum atomic E-state index is -0.503. The van der Waals surface area contributed by atoms with Gasteiger partial charge in [0.15, 0.2) is 0 Å². The molecule has 5 nitrogen and oxygen atoms in total. The molecular formula is C23H16Cl2N2O3. The second kappa shape index (κ2) is 8.19. The highest BCUT2D eigenvalue weighted by atomic mass is 35.5. The van der Waals surface area contributed by atoms with E-state index in [0.29, 0.717) is 27.1 Å². The zero-order chi connectivity index (χ0) is 21.3. The molecule has 0 amide bonds. The molecule has 0 fully saturated rings. The number of hydrogen-bond donors (Lipinski definition) is 2. The SMILES string of the molecule is N#CC1=C(N)Oc2cc(O)ccc2C1c1ccccc1OCc1ccc(Cl)cc1Cl. The van der Waals surface area contributed by atoms with Gasteiger partial charge in [-0.25, -0.2) is 0 Å². The number of aromatic hydroxyl groups is 1. The third-order valence-corrected chi connectivity index (χ3v) is 5.42. The van der Waals surface area contributed by atoms with Crippen LogP contribution < -0.4 is 15.2 Å². The topological polar surface area (TPSA) is 88.5 Å². The van der Waals surface area contributed by atoms with Gasteiger partial charge in [-0.3, -0.25) is 0 Å². The van der Waals surface area contributed by atoms with Crippen LogP contribution in [-0.2, 0) is 6.61 Å². The van der Waals surface area contributed by atoms with Crippen LogP contribution in [0.4, 0.5) is 0 Å². The molecule has 0 aliphatic carbocycles. The Kier molecular flexibility index (Phi) is 5.45. The summed E-state index contributed by atoms with van der Waals surface area (Å²) in [6.45, 7) is 0.222. The summed E-state index contributed by atoms with van der Waals surface area (Å²) < 4.78 is 11.6. The number of hydrogen-bond acceptors (Lipinski definition) is 5. The van der Waals surface area contributed by atoms with Gasteiger partial charge in [0.05, 0.1) is 5.92 Å². The molecule has 4 rings (SSSR count). The molecular weight excluding hydrogens is 423 g/mol. The van der Waals surface area contributed by atoms with E-state index < -0.39 is 5.92 Å². The van der Waals surface area contributed by atoms with Gasteiger partial charge in [-0.15, -0.1) is 0 Å². The van der Waals surface area contributed by atoms with Crippen LogP contribution in [0.1, 0.15) is 22.6 Å². The first-order chi connectivity index (χ1) is 14.5. The van der Waals surface area contributed by atoms with E-state index in [4.69, 9.17) is 38.4 Å². The fourth-order valence-electron chi connectivity index (χ4n) is 3.41. The van der Waals surface area contributed by atoms with Gasteiger partial charge < -0.3 is 20.3 Å². The van der Waals surface area contributed by atoms with Crippen molar-refractivity contribution < 1.29 is 14.6 Å². The fraction of sp³-hybridized carbons (Fsp3) is 0.0870. The van der Waals surface area contributed by atoms with E-state index in [1.54, 1.807) is 30.3 Å².